The summed E-state index contributed by atoms with van der Waals surface area (Å²) in [6, 6.07) is 0. The number of hydrogen-bond acceptors (Lipinski definition) is 4. The Morgan fingerprint density at radius 2 is 2.39 bits per heavy atom. The number of aliphatic imine (C=N–C) groups is 1. The number of hydrogen-bond donors (Lipinski definition) is 1. The molecule has 1 aliphatic rings. The van der Waals surface area contributed by atoms with Gasteiger partial charge in [0.15, 0.2) is 0 Å². The molecule has 1 atom stereocenters. The van der Waals surface area contributed by atoms with Crippen molar-refractivity contribution < 1.29 is 4.74 Å². The van der Waals surface area contributed by atoms with Crippen LogP contribution in [0.2, 0.25) is 5.28 Å². The first kappa shape index (κ1) is 13.2. The number of rotatable bonds is 4. The van der Waals surface area contributed by atoms with Crippen molar-refractivity contribution in [3.8, 4) is 0 Å². The molecule has 0 amide bonds. The average Bonchev–Trinajstić information content (AvgIpc) is 2.36. The highest BCUT2D eigenvalue weighted by atomic mass is 35.5. The molecule has 0 fully saturated rings. The van der Waals surface area contributed by atoms with Gasteiger partial charge in [0, 0.05) is 24.8 Å². The summed E-state index contributed by atoms with van der Waals surface area (Å²) in [7, 11) is 0. The third-order valence-electron chi connectivity index (χ3n) is 2.72. The Labute approximate surface area is 112 Å². The molecule has 5 nitrogen and oxygen atoms in total. The molecule has 1 aliphatic heterocycles. The molecule has 0 saturated heterocycles. The maximum Gasteiger partial charge on any atom is 0.224 e. The van der Waals surface area contributed by atoms with Gasteiger partial charge in [-0.05, 0) is 31.9 Å². The molecule has 2 heterocycles. The number of amidine groups is 1. The fraction of sp³-hybridized carbons (Fsp3) is 0.583. The molecular formula is C12H17ClN4O. The van der Waals surface area contributed by atoms with Crippen molar-refractivity contribution in [3.63, 3.8) is 0 Å². The molecule has 98 valence electrons. The van der Waals surface area contributed by atoms with Crippen LogP contribution in [0.4, 0.5) is 5.82 Å². The van der Waals surface area contributed by atoms with Gasteiger partial charge in [-0.2, -0.15) is 0 Å². The van der Waals surface area contributed by atoms with Gasteiger partial charge in [0.1, 0.15) is 11.7 Å². The highest BCUT2D eigenvalue weighted by Crippen LogP contribution is 2.20. The molecule has 0 aliphatic carbocycles. The van der Waals surface area contributed by atoms with Gasteiger partial charge >= 0.3 is 0 Å². The second-order valence-corrected chi connectivity index (χ2v) is 4.53. The lowest BCUT2D eigenvalue weighted by Gasteiger charge is -2.19. The Kier molecular flexibility index (Phi) is 4.49. The van der Waals surface area contributed by atoms with E-state index in [-0.39, 0.29) is 11.4 Å². The number of aryl methyl sites for hydroxylation is 1. The first-order valence-corrected chi connectivity index (χ1v) is 6.50. The van der Waals surface area contributed by atoms with E-state index in [4.69, 9.17) is 16.3 Å². The lowest BCUT2D eigenvalue weighted by molar-refractivity contribution is 0.0829. The number of ether oxygens (including phenoxy) is 1. The number of halogens is 1. The van der Waals surface area contributed by atoms with Crippen molar-refractivity contribution in [1.29, 1.82) is 0 Å². The molecule has 1 N–H and O–H groups in total. The minimum absolute atomic E-state index is 0.139. The van der Waals surface area contributed by atoms with Gasteiger partial charge in [-0.3, -0.25) is 4.99 Å². The van der Waals surface area contributed by atoms with Gasteiger partial charge in [-0.1, -0.05) is 0 Å². The minimum Gasteiger partial charge on any atom is -0.377 e. The van der Waals surface area contributed by atoms with Gasteiger partial charge in [0.2, 0.25) is 5.28 Å². The molecule has 1 unspecified atom stereocenters. The second kappa shape index (κ2) is 6.11. The van der Waals surface area contributed by atoms with Crippen molar-refractivity contribution in [2.45, 2.75) is 32.8 Å². The predicted molar refractivity (Wildman–Crippen MR) is 72.4 cm³/mol. The number of anilines is 1. The molecule has 0 saturated carbocycles. The van der Waals surface area contributed by atoms with Crippen LogP contribution in [-0.2, 0) is 11.2 Å². The number of aromatic nitrogens is 2. The summed E-state index contributed by atoms with van der Waals surface area (Å²) in [5, 5.41) is 3.45. The van der Waals surface area contributed by atoms with Crippen molar-refractivity contribution in [3.05, 3.63) is 17.0 Å². The van der Waals surface area contributed by atoms with Crippen molar-refractivity contribution in [1.82, 2.24) is 9.97 Å². The Morgan fingerprint density at radius 3 is 3.17 bits per heavy atom. The van der Waals surface area contributed by atoms with E-state index in [1.54, 1.807) is 6.20 Å². The van der Waals surface area contributed by atoms with Gasteiger partial charge in [0.05, 0.1) is 12.6 Å². The van der Waals surface area contributed by atoms with E-state index in [1.165, 1.54) is 0 Å². The monoisotopic (exact) mass is 268 g/mol. The van der Waals surface area contributed by atoms with Crippen LogP contribution >= 0.6 is 11.6 Å². The van der Waals surface area contributed by atoms with E-state index < -0.39 is 0 Å². The Morgan fingerprint density at radius 1 is 1.56 bits per heavy atom. The van der Waals surface area contributed by atoms with Gasteiger partial charge in [-0.25, -0.2) is 9.97 Å². The molecule has 0 aromatic carbocycles. The largest absolute Gasteiger partial charge is 0.377 e. The summed E-state index contributed by atoms with van der Waals surface area (Å²) in [5.41, 5.74) is 1.08. The van der Waals surface area contributed by atoms with Crippen molar-refractivity contribution in [2.24, 2.45) is 4.99 Å². The highest BCUT2D eigenvalue weighted by molar-refractivity contribution is 6.28. The lowest BCUT2D eigenvalue weighted by atomic mass is 10.1. The normalized spacial score (nSPS) is 18.3. The molecule has 1 aromatic heterocycles. The molecule has 0 radical (unpaired) electrons. The number of nitrogens with zero attached hydrogens (tertiary/aromatic N) is 3. The third kappa shape index (κ3) is 3.40. The number of nitrogens with one attached hydrogen (secondary N) is 1. The van der Waals surface area contributed by atoms with Crippen LogP contribution in [-0.4, -0.2) is 35.1 Å². The molecule has 6 heteroatoms. The zero-order chi connectivity index (χ0) is 13.0. The molecule has 0 spiro atoms. The fourth-order valence-electron chi connectivity index (χ4n) is 1.82. The zero-order valence-electron chi connectivity index (χ0n) is 10.6. The van der Waals surface area contributed by atoms with Crippen LogP contribution < -0.4 is 5.32 Å². The first-order chi connectivity index (χ1) is 8.69. The van der Waals surface area contributed by atoms with E-state index in [1.807, 2.05) is 13.8 Å². The fourth-order valence-corrected chi connectivity index (χ4v) is 1.96. The minimum atomic E-state index is 0.139. The summed E-state index contributed by atoms with van der Waals surface area (Å²) in [6.45, 7) is 5.37. The van der Waals surface area contributed by atoms with Crippen molar-refractivity contribution in [2.75, 3.05) is 18.5 Å². The van der Waals surface area contributed by atoms with E-state index in [0.717, 1.165) is 30.1 Å². The lowest BCUT2D eigenvalue weighted by Crippen LogP contribution is -2.23. The van der Waals surface area contributed by atoms with Gasteiger partial charge in [-0.15, -0.1) is 0 Å². The zero-order valence-corrected chi connectivity index (χ0v) is 11.4. The van der Waals surface area contributed by atoms with Gasteiger partial charge in [0.25, 0.3) is 0 Å². The Hall–Kier alpha value is -1.20. The van der Waals surface area contributed by atoms with Crippen molar-refractivity contribution >= 4 is 23.3 Å². The maximum atomic E-state index is 5.77. The summed E-state index contributed by atoms with van der Waals surface area (Å²) >= 11 is 5.77. The molecule has 0 bridgehead atoms. The second-order valence-electron chi connectivity index (χ2n) is 4.19. The molecule has 2 rings (SSSR count). The summed E-state index contributed by atoms with van der Waals surface area (Å²) < 4.78 is 5.44. The van der Waals surface area contributed by atoms with Crippen LogP contribution in [0.1, 0.15) is 25.8 Å². The Bertz CT molecular complexity index is 450. The summed E-state index contributed by atoms with van der Waals surface area (Å²) in [4.78, 5) is 12.6. The van der Waals surface area contributed by atoms with Crippen LogP contribution in [0, 0.1) is 0 Å². The average molecular weight is 269 g/mol. The summed E-state index contributed by atoms with van der Waals surface area (Å²) in [6.07, 6.45) is 3.66. The smallest absolute Gasteiger partial charge is 0.224 e. The van der Waals surface area contributed by atoms with Crippen LogP contribution in [0.3, 0.4) is 0 Å². The van der Waals surface area contributed by atoms with Crippen LogP contribution in [0.15, 0.2) is 11.2 Å². The highest BCUT2D eigenvalue weighted by Gasteiger charge is 2.15. The van der Waals surface area contributed by atoms with E-state index in [9.17, 15) is 0 Å². The van der Waals surface area contributed by atoms with E-state index in [0.29, 0.717) is 13.2 Å². The van der Waals surface area contributed by atoms with Crippen LogP contribution in [0.25, 0.3) is 0 Å². The van der Waals surface area contributed by atoms with E-state index in [2.05, 4.69) is 20.3 Å². The Balaban J connectivity index is 2.00. The molecular weight excluding hydrogens is 252 g/mol. The maximum absolute atomic E-state index is 5.77. The standard InChI is InChI=1S/C12H17ClN4O/c1-3-18-8(2)6-14-10-5-4-9-7-15-12(13)17-11(9)16-10/h7-8H,3-6H2,1-2H3,(H,14,15,16,17). The quantitative estimate of drug-likeness (QED) is 0.852. The predicted octanol–water partition coefficient (Wildman–Crippen LogP) is 2.31. The first-order valence-electron chi connectivity index (χ1n) is 6.12. The third-order valence-corrected chi connectivity index (χ3v) is 2.90. The number of fused-ring (bicyclic) bond motifs is 1. The topological polar surface area (TPSA) is 59.4 Å². The SMILES string of the molecule is CCOC(C)CN=C1CCc2cnc(Cl)nc2N1. The van der Waals surface area contributed by atoms with E-state index >= 15 is 0 Å². The molecule has 1 aromatic rings. The molecule has 18 heavy (non-hydrogen) atoms. The van der Waals surface area contributed by atoms with Gasteiger partial charge < -0.3 is 10.1 Å². The van der Waals surface area contributed by atoms with Crippen LogP contribution in [0.5, 0.6) is 0 Å². The summed E-state index contributed by atoms with van der Waals surface area (Å²) in [5.74, 6) is 1.70.